The first-order valence-electron chi connectivity index (χ1n) is 2.87. The molecule has 0 atom stereocenters. The predicted molar refractivity (Wildman–Crippen MR) is 37.2 cm³/mol. The predicted octanol–water partition coefficient (Wildman–Crippen LogP) is 1.04. The number of carbonyl (C=O) groups excluding carboxylic acids is 1. The van der Waals surface area contributed by atoms with Crippen molar-refractivity contribution >= 4 is 18.5 Å². The molecule has 0 fully saturated rings. The highest BCUT2D eigenvalue weighted by Gasteiger charge is 2.32. The topological polar surface area (TPSA) is 29.1 Å². The fraction of sp³-hybridized carbons (Fsp3) is 0.800. The van der Waals surface area contributed by atoms with Gasteiger partial charge in [0.2, 0.25) is 0 Å². The van der Waals surface area contributed by atoms with Gasteiger partial charge in [0.25, 0.3) is 0 Å². The maximum absolute atomic E-state index is 11.9. The summed E-state index contributed by atoms with van der Waals surface area (Å²) in [5.74, 6) is -1.34. The van der Waals surface area contributed by atoms with Crippen LogP contribution in [0.5, 0.6) is 0 Å². The van der Waals surface area contributed by atoms with Crippen LogP contribution in [0.1, 0.15) is 13.3 Å². The Morgan fingerprint density at radius 2 is 2.20 bits per heavy atom. The summed E-state index contributed by atoms with van der Waals surface area (Å²) in [6, 6.07) is 0. The molecule has 0 saturated carbocycles. The van der Waals surface area contributed by atoms with Gasteiger partial charge in [-0.05, 0) is 6.42 Å². The molecule has 1 N–H and O–H groups in total. The van der Waals surface area contributed by atoms with Crippen LogP contribution in [0, 0.1) is 0 Å². The summed E-state index contributed by atoms with van der Waals surface area (Å²) >= 11 is 2.78. The number of hydrogen-bond acceptors (Lipinski definition) is 2. The van der Waals surface area contributed by atoms with Crippen molar-refractivity contribution in [2.45, 2.75) is 18.6 Å². The summed E-state index contributed by atoms with van der Waals surface area (Å²) in [5.41, 5.74) is 0. The molecule has 0 bridgehead atoms. The SMILES string of the molecule is CCCNC(=O)C(F)(F)S. The second-order valence-corrected chi connectivity index (χ2v) is 2.36. The third-order valence-electron chi connectivity index (χ3n) is 0.809. The van der Waals surface area contributed by atoms with Gasteiger partial charge in [-0.15, -0.1) is 0 Å². The van der Waals surface area contributed by atoms with E-state index < -0.39 is 11.2 Å². The van der Waals surface area contributed by atoms with Crippen LogP contribution in [-0.2, 0) is 4.79 Å². The van der Waals surface area contributed by atoms with Gasteiger partial charge in [0, 0.05) is 6.54 Å². The Morgan fingerprint density at radius 1 is 1.70 bits per heavy atom. The van der Waals surface area contributed by atoms with E-state index in [1.165, 1.54) is 0 Å². The van der Waals surface area contributed by atoms with E-state index in [0.717, 1.165) is 0 Å². The fourth-order valence-electron chi connectivity index (χ4n) is 0.345. The molecule has 2 nitrogen and oxygen atoms in total. The first-order chi connectivity index (χ1) is 4.48. The summed E-state index contributed by atoms with van der Waals surface area (Å²) in [5, 5.41) is -1.54. The Kier molecular flexibility index (Phi) is 3.63. The number of alkyl halides is 2. The lowest BCUT2D eigenvalue weighted by Gasteiger charge is -2.07. The molecule has 0 aromatic rings. The van der Waals surface area contributed by atoms with Crippen LogP contribution >= 0.6 is 12.6 Å². The maximum atomic E-state index is 11.9. The van der Waals surface area contributed by atoms with E-state index in [1.807, 2.05) is 5.32 Å². The second kappa shape index (κ2) is 3.75. The Morgan fingerprint density at radius 3 is 2.50 bits per heavy atom. The average molecular weight is 169 g/mol. The van der Waals surface area contributed by atoms with Crippen molar-refractivity contribution in [3.8, 4) is 0 Å². The van der Waals surface area contributed by atoms with Gasteiger partial charge in [-0.3, -0.25) is 4.79 Å². The van der Waals surface area contributed by atoms with Crippen molar-refractivity contribution < 1.29 is 13.6 Å². The summed E-state index contributed by atoms with van der Waals surface area (Å²) in [6.07, 6.45) is 0.635. The highest BCUT2D eigenvalue weighted by Crippen LogP contribution is 2.17. The summed E-state index contributed by atoms with van der Waals surface area (Å²) in [7, 11) is 0. The number of thiol groups is 1. The standard InChI is InChI=1S/C5H9F2NOS/c1-2-3-8-4(9)5(6,7)10/h10H,2-3H2,1H3,(H,8,9). The number of hydrogen-bond donors (Lipinski definition) is 2. The molecule has 0 aromatic carbocycles. The monoisotopic (exact) mass is 169 g/mol. The lowest BCUT2D eigenvalue weighted by molar-refractivity contribution is -0.134. The third-order valence-corrected chi connectivity index (χ3v) is 1.01. The smallest absolute Gasteiger partial charge is 0.350 e. The van der Waals surface area contributed by atoms with Gasteiger partial charge < -0.3 is 5.32 Å². The molecule has 0 aliphatic heterocycles. The number of rotatable bonds is 3. The van der Waals surface area contributed by atoms with Crippen molar-refractivity contribution in [3.05, 3.63) is 0 Å². The zero-order valence-electron chi connectivity index (χ0n) is 5.53. The Balaban J connectivity index is 3.64. The van der Waals surface area contributed by atoms with E-state index in [4.69, 9.17) is 0 Å². The lowest BCUT2D eigenvalue weighted by Crippen LogP contribution is -2.36. The molecule has 0 aliphatic rings. The Labute approximate surface area is 63.4 Å². The molecule has 0 heterocycles. The second-order valence-electron chi connectivity index (χ2n) is 1.80. The molecule has 0 spiro atoms. The molecule has 0 rings (SSSR count). The zero-order chi connectivity index (χ0) is 8.20. The number of nitrogens with one attached hydrogen (secondary N) is 1. The van der Waals surface area contributed by atoms with Crippen LogP contribution in [0.4, 0.5) is 8.78 Å². The largest absolute Gasteiger partial charge is 0.367 e. The normalized spacial score (nSPS) is 11.2. The highest BCUT2D eigenvalue weighted by molar-refractivity contribution is 7.82. The van der Waals surface area contributed by atoms with E-state index in [-0.39, 0.29) is 6.54 Å². The maximum Gasteiger partial charge on any atom is 0.367 e. The first-order valence-corrected chi connectivity index (χ1v) is 3.31. The van der Waals surface area contributed by atoms with Crippen LogP contribution in [0.15, 0.2) is 0 Å². The summed E-state index contributed by atoms with van der Waals surface area (Å²) in [6.45, 7) is 2.03. The van der Waals surface area contributed by atoms with Crippen molar-refractivity contribution in [2.75, 3.05) is 6.54 Å². The van der Waals surface area contributed by atoms with Crippen molar-refractivity contribution in [3.63, 3.8) is 0 Å². The fourth-order valence-corrected chi connectivity index (χ4v) is 0.424. The molecule has 5 heteroatoms. The molecule has 60 valence electrons. The van der Waals surface area contributed by atoms with Crippen molar-refractivity contribution in [1.82, 2.24) is 5.32 Å². The number of carbonyl (C=O) groups is 1. The minimum Gasteiger partial charge on any atom is -0.350 e. The molecule has 0 aromatic heterocycles. The Bertz CT molecular complexity index is 123. The summed E-state index contributed by atoms with van der Waals surface area (Å²) in [4.78, 5) is 10.3. The Hall–Kier alpha value is -0.320. The van der Waals surface area contributed by atoms with Crippen LogP contribution < -0.4 is 5.32 Å². The molecule has 0 radical (unpaired) electrons. The number of halogens is 2. The third kappa shape index (κ3) is 3.66. The highest BCUT2D eigenvalue weighted by atomic mass is 32.1. The number of amides is 1. The molecule has 0 aliphatic carbocycles. The average Bonchev–Trinajstić information content (AvgIpc) is 1.80. The summed E-state index contributed by atoms with van der Waals surface area (Å²) < 4.78 is 23.8. The van der Waals surface area contributed by atoms with Crippen LogP contribution in [0.2, 0.25) is 0 Å². The van der Waals surface area contributed by atoms with Crippen molar-refractivity contribution in [1.29, 1.82) is 0 Å². The molecule has 10 heavy (non-hydrogen) atoms. The van der Waals surface area contributed by atoms with Crippen LogP contribution in [-0.4, -0.2) is 17.7 Å². The molecule has 1 amide bonds. The van der Waals surface area contributed by atoms with E-state index >= 15 is 0 Å². The molecule has 0 saturated heterocycles. The lowest BCUT2D eigenvalue weighted by atomic mass is 10.5. The molecular weight excluding hydrogens is 160 g/mol. The van der Waals surface area contributed by atoms with E-state index in [0.29, 0.717) is 6.42 Å². The minimum atomic E-state index is -3.55. The van der Waals surface area contributed by atoms with Crippen molar-refractivity contribution in [2.24, 2.45) is 0 Å². The van der Waals surface area contributed by atoms with Gasteiger partial charge in [-0.2, -0.15) is 8.78 Å². The van der Waals surface area contributed by atoms with Gasteiger partial charge >= 0.3 is 11.2 Å². The zero-order valence-corrected chi connectivity index (χ0v) is 6.42. The quantitative estimate of drug-likeness (QED) is 0.607. The van der Waals surface area contributed by atoms with Gasteiger partial charge in [-0.25, -0.2) is 0 Å². The van der Waals surface area contributed by atoms with E-state index in [1.54, 1.807) is 6.92 Å². The minimum absolute atomic E-state index is 0.259. The molecule has 0 unspecified atom stereocenters. The van der Waals surface area contributed by atoms with Gasteiger partial charge in [0.05, 0.1) is 0 Å². The van der Waals surface area contributed by atoms with Gasteiger partial charge in [0.1, 0.15) is 0 Å². The first kappa shape index (κ1) is 9.68. The molecular formula is C5H9F2NOS. The van der Waals surface area contributed by atoms with E-state index in [2.05, 4.69) is 12.6 Å². The van der Waals surface area contributed by atoms with Crippen LogP contribution in [0.25, 0.3) is 0 Å². The van der Waals surface area contributed by atoms with Crippen LogP contribution in [0.3, 0.4) is 0 Å². The van der Waals surface area contributed by atoms with Gasteiger partial charge in [-0.1, -0.05) is 19.6 Å². The van der Waals surface area contributed by atoms with Gasteiger partial charge in [0.15, 0.2) is 0 Å². The van der Waals surface area contributed by atoms with E-state index in [9.17, 15) is 13.6 Å².